The summed E-state index contributed by atoms with van der Waals surface area (Å²) in [6.07, 6.45) is -5.24. The molecule has 9 heteroatoms. The average molecular weight is 296 g/mol. The molecule has 0 unspecified atom stereocenters. The van der Waals surface area contributed by atoms with Crippen LogP contribution in [0, 0.1) is 0 Å². The molecular weight excluding hydrogens is 281 g/mol. The molecule has 1 aliphatic heterocycles. The number of halogens is 3. The van der Waals surface area contributed by atoms with Gasteiger partial charge in [0.25, 0.3) is 0 Å². The first-order valence-corrected chi connectivity index (χ1v) is 5.73. The average Bonchev–Trinajstić information content (AvgIpc) is 2.51. The normalized spacial score (nSPS) is 20.4. The van der Waals surface area contributed by atoms with Gasteiger partial charge in [-0.15, -0.1) is 0 Å². The zero-order chi connectivity index (χ0) is 15.9. The number of carbonyl (C=O) groups is 3. The maximum Gasteiger partial charge on any atom is 0.471 e. The van der Waals surface area contributed by atoms with Crippen molar-refractivity contribution >= 4 is 17.9 Å². The van der Waals surface area contributed by atoms with Gasteiger partial charge in [-0.25, -0.2) is 14.5 Å². The van der Waals surface area contributed by atoms with Crippen LogP contribution in [0.4, 0.5) is 18.0 Å². The maximum absolute atomic E-state index is 12.5. The van der Waals surface area contributed by atoms with Crippen LogP contribution in [0.5, 0.6) is 0 Å². The number of rotatable bonds is 1. The Bertz CT molecular complexity index is 442. The van der Waals surface area contributed by atoms with Crippen molar-refractivity contribution in [3.8, 4) is 0 Å². The SMILES string of the molecule is CN1C[C@@H](C(=O)OC(C)(C)C)N(C(=O)C(F)(F)F)C1=O. The van der Waals surface area contributed by atoms with E-state index in [0.717, 1.165) is 4.90 Å². The first-order valence-electron chi connectivity index (χ1n) is 5.73. The number of ether oxygens (including phenoxy) is 1. The van der Waals surface area contributed by atoms with Gasteiger partial charge < -0.3 is 9.64 Å². The van der Waals surface area contributed by atoms with Crippen molar-refractivity contribution in [3.05, 3.63) is 0 Å². The molecule has 0 radical (unpaired) electrons. The minimum atomic E-state index is -5.24. The van der Waals surface area contributed by atoms with Crippen LogP contribution >= 0.6 is 0 Å². The van der Waals surface area contributed by atoms with E-state index in [0.29, 0.717) is 0 Å². The number of amides is 3. The minimum Gasteiger partial charge on any atom is -0.458 e. The van der Waals surface area contributed by atoms with Crippen LogP contribution in [0.3, 0.4) is 0 Å². The molecule has 20 heavy (non-hydrogen) atoms. The summed E-state index contributed by atoms with van der Waals surface area (Å²) >= 11 is 0. The van der Waals surface area contributed by atoms with Gasteiger partial charge in [0, 0.05) is 7.05 Å². The molecule has 1 fully saturated rings. The number of likely N-dealkylation sites (N-methyl/N-ethyl adjacent to an activating group) is 1. The van der Waals surface area contributed by atoms with Crippen LogP contribution in [0.2, 0.25) is 0 Å². The highest BCUT2D eigenvalue weighted by atomic mass is 19.4. The molecule has 1 heterocycles. The highest BCUT2D eigenvalue weighted by Crippen LogP contribution is 2.26. The standard InChI is InChI=1S/C11H15F3N2O4/c1-10(2,3)20-7(17)6-5-15(4)9(19)16(6)8(18)11(12,13)14/h6H,5H2,1-4H3/t6-/m0/s1. The molecule has 1 aliphatic rings. The Kier molecular flexibility index (Phi) is 4.02. The van der Waals surface area contributed by atoms with Gasteiger partial charge in [-0.1, -0.05) is 0 Å². The molecule has 1 saturated heterocycles. The number of imide groups is 1. The maximum atomic E-state index is 12.5. The molecule has 0 aliphatic carbocycles. The third-order valence-corrected chi connectivity index (χ3v) is 2.43. The van der Waals surface area contributed by atoms with E-state index >= 15 is 0 Å². The molecule has 0 aromatic heterocycles. The topological polar surface area (TPSA) is 66.9 Å². The summed E-state index contributed by atoms with van der Waals surface area (Å²) in [5.41, 5.74) is -0.936. The molecule has 1 atom stereocenters. The first kappa shape index (κ1) is 16.3. The van der Waals surface area contributed by atoms with Gasteiger partial charge in [-0.05, 0) is 20.8 Å². The zero-order valence-corrected chi connectivity index (χ0v) is 11.4. The van der Waals surface area contributed by atoms with Gasteiger partial charge in [-0.2, -0.15) is 13.2 Å². The second-order valence-electron chi connectivity index (χ2n) is 5.39. The van der Waals surface area contributed by atoms with E-state index < -0.39 is 35.7 Å². The Morgan fingerprint density at radius 2 is 1.75 bits per heavy atom. The second kappa shape index (κ2) is 4.95. The second-order valence-corrected chi connectivity index (χ2v) is 5.39. The Morgan fingerprint density at radius 3 is 2.15 bits per heavy atom. The highest BCUT2D eigenvalue weighted by molar-refractivity contribution is 6.03. The van der Waals surface area contributed by atoms with E-state index in [1.165, 1.54) is 27.8 Å². The molecule has 0 N–H and O–H groups in total. The number of alkyl halides is 3. The highest BCUT2D eigenvalue weighted by Gasteiger charge is 2.54. The molecule has 0 saturated carbocycles. The summed E-state index contributed by atoms with van der Waals surface area (Å²) in [6.45, 7) is 4.25. The molecule has 0 spiro atoms. The number of esters is 1. The molecule has 3 amide bonds. The van der Waals surface area contributed by atoms with E-state index in [-0.39, 0.29) is 11.4 Å². The molecule has 0 bridgehead atoms. The Hall–Kier alpha value is -1.80. The van der Waals surface area contributed by atoms with Crippen LogP contribution in [0.1, 0.15) is 20.8 Å². The van der Waals surface area contributed by atoms with E-state index in [1.807, 2.05) is 0 Å². The van der Waals surface area contributed by atoms with Crippen LogP contribution in [-0.2, 0) is 14.3 Å². The monoisotopic (exact) mass is 296 g/mol. The largest absolute Gasteiger partial charge is 0.471 e. The van der Waals surface area contributed by atoms with Crippen molar-refractivity contribution in [2.24, 2.45) is 0 Å². The van der Waals surface area contributed by atoms with Crippen molar-refractivity contribution in [3.63, 3.8) is 0 Å². The summed E-state index contributed by atoms with van der Waals surface area (Å²) in [7, 11) is 1.20. The lowest BCUT2D eigenvalue weighted by Crippen LogP contribution is -2.50. The quantitative estimate of drug-likeness (QED) is 0.681. The summed E-state index contributed by atoms with van der Waals surface area (Å²) in [4.78, 5) is 35.4. The fourth-order valence-corrected chi connectivity index (χ4v) is 1.65. The molecule has 114 valence electrons. The van der Waals surface area contributed by atoms with E-state index in [1.54, 1.807) is 0 Å². The lowest BCUT2D eigenvalue weighted by Gasteiger charge is -2.25. The smallest absolute Gasteiger partial charge is 0.458 e. The fourth-order valence-electron chi connectivity index (χ4n) is 1.65. The van der Waals surface area contributed by atoms with Crippen molar-refractivity contribution < 1.29 is 32.3 Å². The molecular formula is C11H15F3N2O4. The zero-order valence-electron chi connectivity index (χ0n) is 11.4. The van der Waals surface area contributed by atoms with Crippen LogP contribution in [0.15, 0.2) is 0 Å². The Labute approximate surface area is 113 Å². The molecule has 1 rings (SSSR count). The number of urea groups is 1. The predicted molar refractivity (Wildman–Crippen MR) is 60.6 cm³/mol. The van der Waals surface area contributed by atoms with E-state index in [4.69, 9.17) is 4.74 Å². The van der Waals surface area contributed by atoms with Crippen LogP contribution in [-0.4, -0.2) is 59.1 Å². The number of carbonyl (C=O) groups excluding carboxylic acids is 3. The van der Waals surface area contributed by atoms with Gasteiger partial charge in [0.1, 0.15) is 5.60 Å². The van der Waals surface area contributed by atoms with Crippen molar-refractivity contribution in [1.82, 2.24) is 9.80 Å². The Balaban J connectivity index is 3.02. The van der Waals surface area contributed by atoms with Crippen molar-refractivity contribution in [1.29, 1.82) is 0 Å². The van der Waals surface area contributed by atoms with Crippen molar-refractivity contribution in [2.75, 3.05) is 13.6 Å². The number of nitrogens with zero attached hydrogens (tertiary/aromatic N) is 2. The van der Waals surface area contributed by atoms with E-state index in [2.05, 4.69) is 0 Å². The van der Waals surface area contributed by atoms with Crippen LogP contribution < -0.4 is 0 Å². The summed E-state index contributed by atoms with van der Waals surface area (Å²) in [6, 6.07) is -2.77. The number of hydrogen-bond acceptors (Lipinski definition) is 4. The van der Waals surface area contributed by atoms with Crippen molar-refractivity contribution in [2.45, 2.75) is 38.6 Å². The fraction of sp³-hybridized carbons (Fsp3) is 0.727. The lowest BCUT2D eigenvalue weighted by molar-refractivity contribution is -0.186. The Morgan fingerprint density at radius 1 is 1.25 bits per heavy atom. The van der Waals surface area contributed by atoms with Gasteiger partial charge in [0.05, 0.1) is 6.54 Å². The third-order valence-electron chi connectivity index (χ3n) is 2.43. The van der Waals surface area contributed by atoms with E-state index in [9.17, 15) is 27.6 Å². The van der Waals surface area contributed by atoms with Gasteiger partial charge >= 0.3 is 24.1 Å². The minimum absolute atomic E-state index is 0.103. The molecule has 6 nitrogen and oxygen atoms in total. The summed E-state index contributed by atoms with van der Waals surface area (Å²) < 4.78 is 42.3. The summed E-state index contributed by atoms with van der Waals surface area (Å²) in [5, 5.41) is 0. The van der Waals surface area contributed by atoms with Gasteiger partial charge in [0.15, 0.2) is 6.04 Å². The molecule has 0 aromatic rings. The lowest BCUT2D eigenvalue weighted by atomic mass is 10.2. The first-order chi connectivity index (χ1) is 8.84. The van der Waals surface area contributed by atoms with Gasteiger partial charge in [0.2, 0.25) is 0 Å². The predicted octanol–water partition coefficient (Wildman–Crippen LogP) is 1.15. The number of hydrogen-bond donors (Lipinski definition) is 0. The third kappa shape index (κ3) is 3.40. The van der Waals surface area contributed by atoms with Gasteiger partial charge in [-0.3, -0.25) is 4.79 Å². The van der Waals surface area contributed by atoms with Crippen LogP contribution in [0.25, 0.3) is 0 Å². The molecule has 0 aromatic carbocycles. The summed E-state index contributed by atoms with van der Waals surface area (Å²) in [5.74, 6) is -3.42.